The third kappa shape index (κ3) is 5.41. The van der Waals surface area contributed by atoms with Gasteiger partial charge in [-0.1, -0.05) is 13.8 Å². The zero-order valence-electron chi connectivity index (χ0n) is 24.5. The van der Waals surface area contributed by atoms with Gasteiger partial charge in [0.15, 0.2) is 5.65 Å². The lowest BCUT2D eigenvalue weighted by molar-refractivity contribution is -0.121. The Balaban J connectivity index is 1.31. The minimum atomic E-state index is -0.975. The molecular formula is C30H38F3N7O2. The lowest BCUT2D eigenvalue weighted by Gasteiger charge is -2.43. The predicted octanol–water partition coefficient (Wildman–Crippen LogP) is 2.74. The summed E-state index contributed by atoms with van der Waals surface area (Å²) in [6, 6.07) is 3.88. The monoisotopic (exact) mass is 585 g/mol. The van der Waals surface area contributed by atoms with E-state index < -0.39 is 22.9 Å². The summed E-state index contributed by atoms with van der Waals surface area (Å²) in [6.07, 6.45) is 1.41. The van der Waals surface area contributed by atoms with Crippen LogP contribution in [0.3, 0.4) is 0 Å². The van der Waals surface area contributed by atoms with Crippen LogP contribution in [0.2, 0.25) is 0 Å². The maximum Gasteiger partial charge on any atom is 0.241 e. The van der Waals surface area contributed by atoms with Crippen molar-refractivity contribution in [2.75, 3.05) is 57.4 Å². The fourth-order valence-corrected chi connectivity index (χ4v) is 6.72. The number of ether oxygens (including phenoxy) is 1. The number of carbonyl (C=O) groups excluding carboxylic acids is 1. The van der Waals surface area contributed by atoms with Gasteiger partial charge >= 0.3 is 0 Å². The van der Waals surface area contributed by atoms with E-state index in [0.717, 1.165) is 31.9 Å². The summed E-state index contributed by atoms with van der Waals surface area (Å²) in [5.41, 5.74) is 1.82. The third-order valence-electron chi connectivity index (χ3n) is 8.90. The summed E-state index contributed by atoms with van der Waals surface area (Å²) < 4.78 is 50.3. The van der Waals surface area contributed by atoms with Crippen LogP contribution in [0, 0.1) is 17.5 Å². The molecule has 0 aliphatic carbocycles. The van der Waals surface area contributed by atoms with E-state index in [4.69, 9.17) is 4.74 Å². The number of hydrogen-bond donors (Lipinski definition) is 1. The number of pyridine rings is 1. The summed E-state index contributed by atoms with van der Waals surface area (Å²) in [7, 11) is 0. The molecule has 3 aliphatic heterocycles. The van der Waals surface area contributed by atoms with Crippen molar-refractivity contribution < 1.29 is 22.7 Å². The lowest BCUT2D eigenvalue weighted by atomic mass is 9.90. The Morgan fingerprint density at radius 3 is 2.64 bits per heavy atom. The van der Waals surface area contributed by atoms with E-state index >= 15 is 0 Å². The number of nitrogens with zero attached hydrogens (tertiary/aromatic N) is 6. The molecule has 1 N–H and O–H groups in total. The van der Waals surface area contributed by atoms with Crippen LogP contribution in [-0.2, 0) is 21.4 Å². The molecule has 12 heteroatoms. The fourth-order valence-electron chi connectivity index (χ4n) is 6.72. The normalized spacial score (nSPS) is 24.8. The van der Waals surface area contributed by atoms with Gasteiger partial charge in [0.1, 0.15) is 23.8 Å². The van der Waals surface area contributed by atoms with Crippen molar-refractivity contribution in [1.82, 2.24) is 29.7 Å². The van der Waals surface area contributed by atoms with Crippen LogP contribution in [0.5, 0.6) is 0 Å². The molecule has 0 bridgehead atoms. The molecule has 0 spiro atoms. The van der Waals surface area contributed by atoms with Gasteiger partial charge in [-0.25, -0.2) is 13.2 Å². The molecule has 3 aromatic rings. The summed E-state index contributed by atoms with van der Waals surface area (Å²) in [5.74, 6) is -2.94. The molecule has 2 saturated heterocycles. The molecule has 0 radical (unpaired) electrons. The van der Waals surface area contributed by atoms with Crippen molar-refractivity contribution in [3.05, 3.63) is 58.8 Å². The second-order valence-corrected chi connectivity index (χ2v) is 12.6. The molecule has 3 atom stereocenters. The number of fused-ring (bicyclic) bond motifs is 3. The van der Waals surface area contributed by atoms with Gasteiger partial charge in [-0.15, -0.1) is 10.2 Å². The van der Waals surface area contributed by atoms with Gasteiger partial charge in [0.05, 0.1) is 31.1 Å². The van der Waals surface area contributed by atoms with Crippen molar-refractivity contribution >= 4 is 17.2 Å². The molecule has 1 amide bonds. The van der Waals surface area contributed by atoms with Crippen LogP contribution in [0.4, 0.5) is 18.9 Å². The number of piperazine rings is 1. The Bertz CT molecular complexity index is 1470. The highest BCUT2D eigenvalue weighted by molar-refractivity contribution is 5.97. The smallest absolute Gasteiger partial charge is 0.241 e. The number of morpholine rings is 1. The molecule has 9 nitrogen and oxygen atoms in total. The first-order valence-corrected chi connectivity index (χ1v) is 14.6. The van der Waals surface area contributed by atoms with Crippen molar-refractivity contribution in [3.8, 4) is 0 Å². The minimum absolute atomic E-state index is 0.0338. The molecule has 1 aromatic carbocycles. The number of anilines is 1. The van der Waals surface area contributed by atoms with E-state index in [1.807, 2.05) is 4.40 Å². The first-order chi connectivity index (χ1) is 20.0. The van der Waals surface area contributed by atoms with Crippen molar-refractivity contribution in [2.45, 2.75) is 57.7 Å². The summed E-state index contributed by atoms with van der Waals surface area (Å²) >= 11 is 0. The van der Waals surface area contributed by atoms with E-state index in [1.54, 1.807) is 17.3 Å². The number of halogens is 3. The van der Waals surface area contributed by atoms with Gasteiger partial charge in [0.25, 0.3) is 0 Å². The van der Waals surface area contributed by atoms with E-state index in [2.05, 4.69) is 53.0 Å². The number of benzene rings is 1. The zero-order valence-corrected chi connectivity index (χ0v) is 24.5. The SMILES string of the molecule is C[C@@H]1CN(CC(=O)N2CC(C)(C)c3c2cc(Cc2c(F)cc(F)cc2F)c2nncn32)[C@@H](CN2CCOC[C@H]2C)CN1. The standard InChI is InChI=1S/C30H38F3N7O2/c1-18-12-38(22(11-34-18)13-37-5-6-42-15-19(37)2)14-27(41)39-16-30(3,4)28-26(39)8-20(29-36-35-17-40(28)29)7-23-24(32)9-21(31)10-25(23)33/h8-10,17-19,22,34H,5-7,11-16H2,1-4H3/t18-,19-,22-/m1/s1. The maximum atomic E-state index is 14.6. The van der Waals surface area contributed by atoms with E-state index in [9.17, 15) is 18.0 Å². The number of amides is 1. The van der Waals surface area contributed by atoms with E-state index in [-0.39, 0.29) is 36.5 Å². The summed E-state index contributed by atoms with van der Waals surface area (Å²) in [5, 5.41) is 11.9. The highest BCUT2D eigenvalue weighted by atomic mass is 19.1. The zero-order chi connectivity index (χ0) is 29.8. The lowest BCUT2D eigenvalue weighted by Crippen LogP contribution is -2.62. The van der Waals surface area contributed by atoms with Crippen LogP contribution < -0.4 is 10.2 Å². The number of rotatable bonds is 6. The van der Waals surface area contributed by atoms with Crippen LogP contribution in [0.1, 0.15) is 44.5 Å². The molecule has 6 rings (SSSR count). The van der Waals surface area contributed by atoms with Crippen LogP contribution in [0.25, 0.3) is 5.65 Å². The molecule has 226 valence electrons. The Morgan fingerprint density at radius 1 is 1.14 bits per heavy atom. The van der Waals surface area contributed by atoms with Crippen LogP contribution in [0.15, 0.2) is 24.5 Å². The van der Waals surface area contributed by atoms with Crippen LogP contribution in [-0.4, -0.2) is 101 Å². The highest BCUT2D eigenvalue weighted by Gasteiger charge is 2.42. The summed E-state index contributed by atoms with van der Waals surface area (Å²) in [6.45, 7) is 13.8. The second-order valence-electron chi connectivity index (χ2n) is 12.6. The molecule has 42 heavy (non-hydrogen) atoms. The van der Waals surface area contributed by atoms with Gasteiger partial charge in [-0.3, -0.25) is 19.0 Å². The topological polar surface area (TPSA) is 78.2 Å². The highest BCUT2D eigenvalue weighted by Crippen LogP contribution is 2.42. The molecule has 2 aromatic heterocycles. The minimum Gasteiger partial charge on any atom is -0.379 e. The number of hydrogen-bond acceptors (Lipinski definition) is 7. The third-order valence-corrected chi connectivity index (χ3v) is 8.90. The summed E-state index contributed by atoms with van der Waals surface area (Å²) in [4.78, 5) is 20.6. The van der Waals surface area contributed by atoms with Gasteiger partial charge in [0.2, 0.25) is 5.91 Å². The Labute approximate surface area is 243 Å². The van der Waals surface area contributed by atoms with E-state index in [0.29, 0.717) is 54.8 Å². The van der Waals surface area contributed by atoms with Gasteiger partial charge < -0.3 is 15.0 Å². The second kappa shape index (κ2) is 11.2. The fraction of sp³-hybridized carbons (Fsp3) is 0.567. The van der Waals surface area contributed by atoms with Crippen molar-refractivity contribution in [2.24, 2.45) is 0 Å². The predicted molar refractivity (Wildman–Crippen MR) is 152 cm³/mol. The Kier molecular flexibility index (Phi) is 7.75. The molecule has 0 unspecified atom stereocenters. The van der Waals surface area contributed by atoms with Crippen molar-refractivity contribution in [3.63, 3.8) is 0 Å². The van der Waals surface area contributed by atoms with E-state index in [1.165, 1.54) is 0 Å². The average molecular weight is 586 g/mol. The van der Waals surface area contributed by atoms with Gasteiger partial charge in [-0.2, -0.15) is 0 Å². The Morgan fingerprint density at radius 2 is 1.90 bits per heavy atom. The molecule has 3 aliphatic rings. The maximum absolute atomic E-state index is 14.6. The number of aromatic nitrogens is 3. The first-order valence-electron chi connectivity index (χ1n) is 14.6. The molecule has 0 saturated carbocycles. The van der Waals surface area contributed by atoms with Crippen molar-refractivity contribution in [1.29, 1.82) is 0 Å². The average Bonchev–Trinajstić information content (AvgIpc) is 3.51. The Hall–Kier alpha value is -3.06. The molecular weight excluding hydrogens is 547 g/mol. The number of nitrogens with one attached hydrogen (secondary N) is 1. The molecule has 5 heterocycles. The molecule has 2 fully saturated rings. The van der Waals surface area contributed by atoms with Gasteiger partial charge in [0, 0.05) is 85.9 Å². The largest absolute Gasteiger partial charge is 0.379 e. The van der Waals surface area contributed by atoms with Crippen LogP contribution >= 0.6 is 0 Å². The quantitative estimate of drug-likeness (QED) is 0.477. The number of carbonyl (C=O) groups is 1. The van der Waals surface area contributed by atoms with Gasteiger partial charge in [-0.05, 0) is 19.9 Å². The first kappa shape index (κ1) is 29.0.